The molecule has 0 N–H and O–H groups in total. The molecule has 0 aliphatic carbocycles. The second-order valence-corrected chi connectivity index (χ2v) is 8.43. The molecule has 0 saturated carbocycles. The lowest BCUT2D eigenvalue weighted by atomic mass is 10.2. The Labute approximate surface area is 133 Å². The molecule has 18 heavy (non-hydrogen) atoms. The normalized spacial score (nSPS) is 11.1. The Bertz CT molecular complexity index is 509. The smallest absolute Gasteiger partial charge is 0.115 e. The maximum absolute atomic E-state index is 4.25. The minimum absolute atomic E-state index is 0.955. The third-order valence-electron chi connectivity index (χ3n) is 2.71. The summed E-state index contributed by atoms with van der Waals surface area (Å²) in [6.45, 7) is 3.19. The molecule has 98 valence electrons. The predicted molar refractivity (Wildman–Crippen MR) is 87.9 cm³/mol. The number of thiophene rings is 1. The van der Waals surface area contributed by atoms with Gasteiger partial charge < -0.3 is 0 Å². The number of hydrogen-bond donors (Lipinski definition) is 0. The third kappa shape index (κ3) is 3.77. The van der Waals surface area contributed by atoms with Gasteiger partial charge in [0.1, 0.15) is 5.69 Å². The van der Waals surface area contributed by atoms with Gasteiger partial charge in [-0.05, 0) is 51.0 Å². The van der Waals surface area contributed by atoms with E-state index in [1.54, 1.807) is 11.3 Å². The fraction of sp³-hybridized carbons (Fsp3) is 0.500. The van der Waals surface area contributed by atoms with E-state index in [2.05, 4.69) is 61.8 Å². The van der Waals surface area contributed by atoms with Gasteiger partial charge in [0.2, 0.25) is 0 Å². The van der Waals surface area contributed by atoms with E-state index in [0.717, 1.165) is 21.6 Å². The van der Waals surface area contributed by atoms with Crippen LogP contribution < -0.4 is 0 Å². The standard InChI is InChI=1S/C12H15BrIN3S/c1-2-3-4-5-6-17-8-10(15-16-17)9-7-11(14)18-12(9)13/h7-8H,2-6H2,1H3. The average Bonchev–Trinajstić information content (AvgIpc) is 2.91. The first-order valence-electron chi connectivity index (χ1n) is 6.06. The summed E-state index contributed by atoms with van der Waals surface area (Å²) in [6.07, 6.45) is 7.05. The molecule has 2 aromatic heterocycles. The van der Waals surface area contributed by atoms with Gasteiger partial charge in [0.25, 0.3) is 0 Å². The van der Waals surface area contributed by atoms with E-state index in [-0.39, 0.29) is 0 Å². The highest BCUT2D eigenvalue weighted by Crippen LogP contribution is 2.35. The van der Waals surface area contributed by atoms with Crippen LogP contribution in [0.15, 0.2) is 16.0 Å². The van der Waals surface area contributed by atoms with Crippen LogP contribution >= 0.6 is 49.9 Å². The highest BCUT2D eigenvalue weighted by Gasteiger charge is 2.11. The Hall–Kier alpha value is 0.0500. The van der Waals surface area contributed by atoms with E-state index < -0.39 is 0 Å². The second-order valence-electron chi connectivity index (χ2n) is 4.17. The Morgan fingerprint density at radius 2 is 2.22 bits per heavy atom. The van der Waals surface area contributed by atoms with Gasteiger partial charge in [-0.25, -0.2) is 0 Å². The zero-order valence-corrected chi connectivity index (χ0v) is 14.8. The third-order valence-corrected chi connectivity index (χ3v) is 5.31. The molecule has 0 saturated heterocycles. The quantitative estimate of drug-likeness (QED) is 0.470. The zero-order chi connectivity index (χ0) is 13.0. The molecule has 0 spiro atoms. The summed E-state index contributed by atoms with van der Waals surface area (Å²) < 4.78 is 4.33. The van der Waals surface area contributed by atoms with Crippen LogP contribution in [-0.4, -0.2) is 15.0 Å². The molecule has 0 radical (unpaired) electrons. The average molecular weight is 440 g/mol. The summed E-state index contributed by atoms with van der Waals surface area (Å²) >= 11 is 7.62. The molecule has 0 unspecified atom stereocenters. The molecule has 6 heteroatoms. The predicted octanol–water partition coefficient (Wildman–Crippen LogP) is 4.95. The van der Waals surface area contributed by atoms with Crippen molar-refractivity contribution in [3.05, 3.63) is 18.9 Å². The first-order valence-corrected chi connectivity index (χ1v) is 8.75. The van der Waals surface area contributed by atoms with Crippen LogP contribution in [0.25, 0.3) is 11.3 Å². The highest BCUT2D eigenvalue weighted by atomic mass is 127. The van der Waals surface area contributed by atoms with Crippen molar-refractivity contribution in [3.63, 3.8) is 0 Å². The minimum atomic E-state index is 0.955. The number of aryl methyl sites for hydroxylation is 1. The van der Waals surface area contributed by atoms with E-state index >= 15 is 0 Å². The molecule has 0 bridgehead atoms. The molecule has 2 aromatic rings. The minimum Gasteiger partial charge on any atom is -0.252 e. The van der Waals surface area contributed by atoms with Crippen LogP contribution in [0.3, 0.4) is 0 Å². The monoisotopic (exact) mass is 439 g/mol. The number of nitrogens with zero attached hydrogens (tertiary/aromatic N) is 3. The van der Waals surface area contributed by atoms with Gasteiger partial charge in [0.15, 0.2) is 0 Å². The summed E-state index contributed by atoms with van der Waals surface area (Å²) in [5.41, 5.74) is 2.10. The molecule has 2 heterocycles. The van der Waals surface area contributed by atoms with Crippen LogP contribution in [0.4, 0.5) is 0 Å². The van der Waals surface area contributed by atoms with Crippen molar-refractivity contribution >= 4 is 49.9 Å². The number of unbranched alkanes of at least 4 members (excludes halogenated alkanes) is 3. The molecule has 3 nitrogen and oxygen atoms in total. The van der Waals surface area contributed by atoms with Gasteiger partial charge >= 0.3 is 0 Å². The summed E-state index contributed by atoms with van der Waals surface area (Å²) in [4.78, 5) is 0. The molecule has 0 aromatic carbocycles. The lowest BCUT2D eigenvalue weighted by Gasteiger charge is -1.98. The topological polar surface area (TPSA) is 30.7 Å². The van der Waals surface area contributed by atoms with E-state index in [4.69, 9.17) is 0 Å². The van der Waals surface area contributed by atoms with E-state index in [1.807, 2.05) is 10.9 Å². The Kier molecular flexibility index (Phi) is 5.62. The summed E-state index contributed by atoms with van der Waals surface area (Å²) in [5, 5.41) is 8.43. The van der Waals surface area contributed by atoms with E-state index in [1.165, 1.54) is 28.6 Å². The highest BCUT2D eigenvalue weighted by molar-refractivity contribution is 14.1. The van der Waals surface area contributed by atoms with Crippen molar-refractivity contribution in [2.24, 2.45) is 0 Å². The van der Waals surface area contributed by atoms with Crippen molar-refractivity contribution in [1.29, 1.82) is 0 Å². The molecule has 0 aliphatic rings. The summed E-state index contributed by atoms with van der Waals surface area (Å²) in [7, 11) is 0. The number of halogens is 2. The Balaban J connectivity index is 1.99. The van der Waals surface area contributed by atoms with Crippen molar-refractivity contribution in [3.8, 4) is 11.3 Å². The van der Waals surface area contributed by atoms with Gasteiger partial charge in [-0.2, -0.15) is 0 Å². The molecule has 0 aliphatic heterocycles. The number of rotatable bonds is 6. The Morgan fingerprint density at radius 3 is 2.89 bits per heavy atom. The van der Waals surface area contributed by atoms with Crippen molar-refractivity contribution in [2.45, 2.75) is 39.2 Å². The van der Waals surface area contributed by atoms with Crippen LogP contribution in [-0.2, 0) is 6.54 Å². The van der Waals surface area contributed by atoms with Crippen LogP contribution in [0, 0.1) is 2.88 Å². The first kappa shape index (κ1) is 14.5. The Morgan fingerprint density at radius 1 is 1.39 bits per heavy atom. The fourth-order valence-corrected chi connectivity index (χ4v) is 5.09. The lowest BCUT2D eigenvalue weighted by molar-refractivity contribution is 0.527. The largest absolute Gasteiger partial charge is 0.252 e. The molecule has 0 atom stereocenters. The van der Waals surface area contributed by atoms with Gasteiger partial charge in [-0.3, -0.25) is 4.68 Å². The molecule has 2 rings (SSSR count). The zero-order valence-electron chi connectivity index (χ0n) is 10.2. The van der Waals surface area contributed by atoms with Crippen LogP contribution in [0.5, 0.6) is 0 Å². The maximum Gasteiger partial charge on any atom is 0.115 e. The molecule has 0 amide bonds. The summed E-state index contributed by atoms with van der Waals surface area (Å²) in [6, 6.07) is 2.14. The summed E-state index contributed by atoms with van der Waals surface area (Å²) in [5.74, 6) is 0. The van der Waals surface area contributed by atoms with E-state index in [9.17, 15) is 0 Å². The van der Waals surface area contributed by atoms with Crippen LogP contribution in [0.2, 0.25) is 0 Å². The van der Waals surface area contributed by atoms with Crippen molar-refractivity contribution < 1.29 is 0 Å². The van der Waals surface area contributed by atoms with Crippen LogP contribution in [0.1, 0.15) is 32.6 Å². The molecule has 0 fully saturated rings. The lowest BCUT2D eigenvalue weighted by Crippen LogP contribution is -1.98. The van der Waals surface area contributed by atoms with Gasteiger partial charge in [0.05, 0.1) is 12.9 Å². The molecular weight excluding hydrogens is 425 g/mol. The SMILES string of the molecule is CCCCCCn1cc(-c2cc(I)sc2Br)nn1. The van der Waals surface area contributed by atoms with Crippen molar-refractivity contribution in [2.75, 3.05) is 0 Å². The maximum atomic E-state index is 4.25. The molecular formula is C12H15BrIN3S. The van der Waals surface area contributed by atoms with Gasteiger partial charge in [-0.1, -0.05) is 31.4 Å². The van der Waals surface area contributed by atoms with Gasteiger partial charge in [0, 0.05) is 12.1 Å². The van der Waals surface area contributed by atoms with E-state index in [0.29, 0.717) is 0 Å². The number of aromatic nitrogens is 3. The van der Waals surface area contributed by atoms with Crippen molar-refractivity contribution in [1.82, 2.24) is 15.0 Å². The fourth-order valence-electron chi connectivity index (χ4n) is 1.75. The first-order chi connectivity index (χ1) is 8.70. The van der Waals surface area contributed by atoms with Gasteiger partial charge in [-0.15, -0.1) is 16.4 Å². The second kappa shape index (κ2) is 7.00. The number of hydrogen-bond acceptors (Lipinski definition) is 3.